The number of Topliss-reactive ketones (excluding diaryl/α,β-unsaturated/α-hetero) is 1. The van der Waals surface area contributed by atoms with Gasteiger partial charge in [-0.15, -0.1) is 0 Å². The zero-order valence-corrected chi connectivity index (χ0v) is 9.38. The van der Waals surface area contributed by atoms with Crippen molar-refractivity contribution in [3.63, 3.8) is 0 Å². The van der Waals surface area contributed by atoms with Gasteiger partial charge in [-0.25, -0.2) is 4.79 Å². The minimum Gasteiger partial charge on any atom is -0.479 e. The van der Waals surface area contributed by atoms with Crippen molar-refractivity contribution in [3.05, 3.63) is 34.9 Å². The molecule has 0 aliphatic rings. The second-order valence-corrected chi connectivity index (χ2v) is 3.59. The van der Waals surface area contributed by atoms with Crippen LogP contribution in [-0.4, -0.2) is 27.1 Å². The molecule has 3 N–H and O–H groups in total. The molecule has 5 nitrogen and oxygen atoms in total. The predicted molar refractivity (Wildman–Crippen MR) is 59.6 cm³/mol. The summed E-state index contributed by atoms with van der Waals surface area (Å²) in [6.45, 7) is 1.28. The molecule has 0 fully saturated rings. The number of aliphatic hydroxyl groups excluding tert-OH is 2. The minimum absolute atomic E-state index is 0.101. The van der Waals surface area contributed by atoms with Gasteiger partial charge in [-0.3, -0.25) is 4.79 Å². The van der Waals surface area contributed by atoms with Crippen LogP contribution in [0.2, 0.25) is 0 Å². The smallest absolute Gasteiger partial charge is 0.337 e. The van der Waals surface area contributed by atoms with E-state index < -0.39 is 18.7 Å². The molecule has 92 valence electrons. The van der Waals surface area contributed by atoms with Gasteiger partial charge >= 0.3 is 5.97 Å². The summed E-state index contributed by atoms with van der Waals surface area (Å²) in [4.78, 5) is 22.1. The summed E-state index contributed by atoms with van der Waals surface area (Å²) in [7, 11) is 0. The van der Waals surface area contributed by atoms with Crippen molar-refractivity contribution in [1.29, 1.82) is 0 Å². The monoisotopic (exact) mass is 238 g/mol. The number of carbonyl (C=O) groups excluding carboxylic acids is 1. The van der Waals surface area contributed by atoms with E-state index in [1.54, 1.807) is 6.92 Å². The van der Waals surface area contributed by atoms with E-state index in [0.29, 0.717) is 12.0 Å². The van der Waals surface area contributed by atoms with Crippen LogP contribution in [0.5, 0.6) is 0 Å². The van der Waals surface area contributed by atoms with Crippen LogP contribution in [0.25, 0.3) is 0 Å². The summed E-state index contributed by atoms with van der Waals surface area (Å²) in [5.41, 5.74) is 0.754. The Kier molecular flexibility index (Phi) is 4.37. The van der Waals surface area contributed by atoms with Crippen LogP contribution in [0.4, 0.5) is 0 Å². The molecule has 1 rings (SSSR count). The summed E-state index contributed by atoms with van der Waals surface area (Å²) >= 11 is 0. The maximum atomic E-state index is 11.4. The van der Waals surface area contributed by atoms with Crippen molar-refractivity contribution < 1.29 is 24.9 Å². The standard InChI is InChI=1S/C12H14O5/c1-2-10(14)7-3-4-9(8(5-7)6-13)11(15)12(16)17/h3-5,11,13,15H,2,6H2,1H3,(H,16,17). The maximum absolute atomic E-state index is 11.4. The van der Waals surface area contributed by atoms with Crippen molar-refractivity contribution in [1.82, 2.24) is 0 Å². The number of rotatable bonds is 5. The lowest BCUT2D eigenvalue weighted by atomic mass is 9.98. The summed E-state index contributed by atoms with van der Waals surface area (Å²) in [6.07, 6.45) is -1.37. The first-order chi connectivity index (χ1) is 8.01. The molecule has 0 saturated heterocycles. The summed E-state index contributed by atoms with van der Waals surface area (Å²) < 4.78 is 0. The lowest BCUT2D eigenvalue weighted by Crippen LogP contribution is -2.13. The van der Waals surface area contributed by atoms with Gasteiger partial charge in [0.25, 0.3) is 0 Å². The lowest BCUT2D eigenvalue weighted by Gasteiger charge is -2.12. The molecule has 5 heteroatoms. The molecule has 1 aromatic carbocycles. The fraction of sp³-hybridized carbons (Fsp3) is 0.333. The molecule has 0 heterocycles. The van der Waals surface area contributed by atoms with Crippen LogP contribution in [0.15, 0.2) is 18.2 Å². The summed E-state index contributed by atoms with van der Waals surface area (Å²) in [6, 6.07) is 4.22. The van der Waals surface area contributed by atoms with Gasteiger partial charge in [0.1, 0.15) is 0 Å². The van der Waals surface area contributed by atoms with Gasteiger partial charge < -0.3 is 15.3 Å². The van der Waals surface area contributed by atoms with Crippen LogP contribution in [-0.2, 0) is 11.4 Å². The van der Waals surface area contributed by atoms with E-state index in [1.807, 2.05) is 0 Å². The van der Waals surface area contributed by atoms with E-state index in [1.165, 1.54) is 18.2 Å². The fourth-order valence-corrected chi connectivity index (χ4v) is 1.52. The summed E-state index contributed by atoms with van der Waals surface area (Å²) in [5, 5.41) is 27.2. The number of benzene rings is 1. The van der Waals surface area contributed by atoms with E-state index in [-0.39, 0.29) is 16.9 Å². The van der Waals surface area contributed by atoms with Gasteiger partial charge in [0, 0.05) is 12.0 Å². The minimum atomic E-state index is -1.69. The Morgan fingerprint density at radius 3 is 2.47 bits per heavy atom. The van der Waals surface area contributed by atoms with Crippen molar-refractivity contribution in [2.24, 2.45) is 0 Å². The third-order valence-corrected chi connectivity index (χ3v) is 2.48. The first-order valence-electron chi connectivity index (χ1n) is 5.19. The number of carbonyl (C=O) groups is 2. The van der Waals surface area contributed by atoms with Crippen LogP contribution >= 0.6 is 0 Å². The van der Waals surface area contributed by atoms with Crippen molar-refractivity contribution in [2.75, 3.05) is 0 Å². The third-order valence-electron chi connectivity index (χ3n) is 2.48. The van der Waals surface area contributed by atoms with Gasteiger partial charge in [-0.2, -0.15) is 0 Å². The quantitative estimate of drug-likeness (QED) is 0.662. The Balaban J connectivity index is 3.18. The number of aliphatic carboxylic acids is 1. The zero-order chi connectivity index (χ0) is 13.0. The Bertz CT molecular complexity index is 439. The van der Waals surface area contributed by atoms with Gasteiger partial charge in [0.2, 0.25) is 0 Å². The van der Waals surface area contributed by atoms with E-state index >= 15 is 0 Å². The Labute approximate surface area is 98.3 Å². The van der Waals surface area contributed by atoms with Crippen molar-refractivity contribution in [3.8, 4) is 0 Å². The van der Waals surface area contributed by atoms with E-state index in [4.69, 9.17) is 10.2 Å². The molecule has 0 aliphatic heterocycles. The molecule has 0 aromatic heterocycles. The fourth-order valence-electron chi connectivity index (χ4n) is 1.52. The molecule has 17 heavy (non-hydrogen) atoms. The number of hydrogen-bond donors (Lipinski definition) is 3. The number of carboxylic acids is 1. The molecule has 1 unspecified atom stereocenters. The van der Waals surface area contributed by atoms with E-state index in [9.17, 15) is 14.7 Å². The highest BCUT2D eigenvalue weighted by molar-refractivity contribution is 5.96. The maximum Gasteiger partial charge on any atom is 0.337 e. The molecule has 0 spiro atoms. The molecule has 1 atom stereocenters. The molecular formula is C12H14O5. The Morgan fingerprint density at radius 2 is 2.00 bits per heavy atom. The number of carboxylic acid groups (broad SMARTS) is 1. The molecule has 0 bridgehead atoms. The molecule has 1 aromatic rings. The second kappa shape index (κ2) is 5.56. The number of hydrogen-bond acceptors (Lipinski definition) is 4. The lowest BCUT2D eigenvalue weighted by molar-refractivity contribution is -0.147. The zero-order valence-electron chi connectivity index (χ0n) is 9.38. The highest BCUT2D eigenvalue weighted by atomic mass is 16.4. The number of ketones is 1. The van der Waals surface area contributed by atoms with Crippen molar-refractivity contribution >= 4 is 11.8 Å². The second-order valence-electron chi connectivity index (χ2n) is 3.59. The van der Waals surface area contributed by atoms with Crippen LogP contribution in [0.1, 0.15) is 40.9 Å². The van der Waals surface area contributed by atoms with Crippen molar-refractivity contribution in [2.45, 2.75) is 26.1 Å². The van der Waals surface area contributed by atoms with Crippen LogP contribution in [0.3, 0.4) is 0 Å². The number of aliphatic hydroxyl groups is 2. The normalized spacial score (nSPS) is 12.2. The molecule has 0 saturated carbocycles. The Hall–Kier alpha value is -1.72. The Morgan fingerprint density at radius 1 is 1.35 bits per heavy atom. The topological polar surface area (TPSA) is 94.8 Å². The largest absolute Gasteiger partial charge is 0.479 e. The predicted octanol–water partition coefficient (Wildman–Crippen LogP) is 0.890. The highest BCUT2D eigenvalue weighted by Gasteiger charge is 2.20. The van der Waals surface area contributed by atoms with Crippen LogP contribution < -0.4 is 0 Å². The average Bonchev–Trinajstić information content (AvgIpc) is 2.35. The summed E-state index contributed by atoms with van der Waals surface area (Å²) in [5.74, 6) is -1.50. The highest BCUT2D eigenvalue weighted by Crippen LogP contribution is 2.21. The van der Waals surface area contributed by atoms with E-state index in [0.717, 1.165) is 0 Å². The SMILES string of the molecule is CCC(=O)c1ccc(C(O)C(=O)O)c(CO)c1. The first-order valence-corrected chi connectivity index (χ1v) is 5.19. The molecule has 0 amide bonds. The molecule has 0 aliphatic carbocycles. The molecular weight excluding hydrogens is 224 g/mol. The van der Waals surface area contributed by atoms with Gasteiger partial charge in [-0.05, 0) is 17.2 Å². The first kappa shape index (κ1) is 13.3. The van der Waals surface area contributed by atoms with Gasteiger partial charge in [0.15, 0.2) is 11.9 Å². The van der Waals surface area contributed by atoms with E-state index in [2.05, 4.69) is 0 Å². The van der Waals surface area contributed by atoms with Gasteiger partial charge in [0.05, 0.1) is 6.61 Å². The third kappa shape index (κ3) is 2.89. The van der Waals surface area contributed by atoms with Gasteiger partial charge in [-0.1, -0.05) is 19.1 Å². The average molecular weight is 238 g/mol. The molecule has 0 radical (unpaired) electrons. The van der Waals surface area contributed by atoms with Crippen LogP contribution in [0, 0.1) is 0 Å².